The number of thioether (sulfide) groups is 1. The van der Waals surface area contributed by atoms with Gasteiger partial charge in [-0.1, -0.05) is 12.1 Å². The van der Waals surface area contributed by atoms with Crippen LogP contribution >= 0.6 is 11.8 Å². The molecule has 0 saturated carbocycles. The molecule has 0 aliphatic heterocycles. The number of hydrogen-bond donors (Lipinski definition) is 3. The van der Waals surface area contributed by atoms with Crippen LogP contribution in [0.2, 0.25) is 0 Å². The predicted molar refractivity (Wildman–Crippen MR) is 67.1 cm³/mol. The molecule has 4 nitrogen and oxygen atoms in total. The van der Waals surface area contributed by atoms with Gasteiger partial charge < -0.3 is 5.32 Å². The highest BCUT2D eigenvalue weighted by Gasteiger charge is 2.01. The summed E-state index contributed by atoms with van der Waals surface area (Å²) in [5, 5.41) is 3.14. The highest BCUT2D eigenvalue weighted by atomic mass is 32.2. The summed E-state index contributed by atoms with van der Waals surface area (Å²) in [5.74, 6) is 5.93. The average Bonchev–Trinajstić information content (AvgIpc) is 2.29. The number of nitrogens with one attached hydrogen (secondary N) is 2. The molecule has 82 valence electrons. The van der Waals surface area contributed by atoms with Crippen LogP contribution < -0.4 is 16.6 Å². The number of nitrogens with two attached hydrogens (primary N) is 1. The Bertz CT molecular complexity index is 338. The Morgan fingerprint density at radius 1 is 1.47 bits per heavy atom. The lowest BCUT2D eigenvalue weighted by Crippen LogP contribution is -2.36. The number of aliphatic imine (C=N–C) groups is 1. The van der Waals surface area contributed by atoms with E-state index in [1.165, 1.54) is 0 Å². The molecule has 0 amide bonds. The second kappa shape index (κ2) is 6.31. The van der Waals surface area contributed by atoms with Crippen LogP contribution in [0.3, 0.4) is 0 Å². The zero-order valence-corrected chi connectivity index (χ0v) is 9.77. The number of rotatable bonds is 3. The number of guanidine groups is 1. The van der Waals surface area contributed by atoms with Crippen molar-refractivity contribution in [3.8, 4) is 0 Å². The van der Waals surface area contributed by atoms with Crippen LogP contribution in [-0.4, -0.2) is 18.8 Å². The fourth-order valence-corrected chi connectivity index (χ4v) is 1.71. The Balaban J connectivity index is 2.83. The first-order chi connectivity index (χ1) is 7.31. The SMILES string of the molecule is CCN=C(NN)Nc1ccccc1SC. The maximum atomic E-state index is 5.35. The summed E-state index contributed by atoms with van der Waals surface area (Å²) in [4.78, 5) is 5.34. The van der Waals surface area contributed by atoms with Crippen LogP contribution in [0.1, 0.15) is 6.92 Å². The van der Waals surface area contributed by atoms with Crippen molar-refractivity contribution >= 4 is 23.4 Å². The Hall–Kier alpha value is -1.20. The molecule has 0 atom stereocenters. The van der Waals surface area contributed by atoms with E-state index >= 15 is 0 Å². The second-order valence-corrected chi connectivity index (χ2v) is 3.64. The van der Waals surface area contributed by atoms with E-state index in [1.54, 1.807) is 11.8 Å². The number of nitrogens with zero attached hydrogens (tertiary/aromatic N) is 1. The molecule has 4 N–H and O–H groups in total. The smallest absolute Gasteiger partial charge is 0.210 e. The van der Waals surface area contributed by atoms with Crippen molar-refractivity contribution in [3.05, 3.63) is 24.3 Å². The Morgan fingerprint density at radius 2 is 2.20 bits per heavy atom. The minimum absolute atomic E-state index is 0.582. The molecular weight excluding hydrogens is 208 g/mol. The van der Waals surface area contributed by atoms with Gasteiger partial charge in [0.2, 0.25) is 5.96 Å². The lowest BCUT2D eigenvalue weighted by atomic mass is 10.3. The van der Waals surface area contributed by atoms with Crippen LogP contribution in [0.15, 0.2) is 34.2 Å². The molecule has 15 heavy (non-hydrogen) atoms. The standard InChI is InChI=1S/C10H16N4S/c1-3-12-10(14-11)13-8-6-4-5-7-9(8)15-2/h4-7H,3,11H2,1-2H3,(H2,12,13,14). The summed E-state index contributed by atoms with van der Waals surface area (Å²) in [6.07, 6.45) is 2.03. The van der Waals surface area contributed by atoms with E-state index in [0.717, 1.165) is 10.6 Å². The molecule has 0 fully saturated rings. The van der Waals surface area contributed by atoms with Gasteiger partial charge in [0.05, 0.1) is 5.69 Å². The van der Waals surface area contributed by atoms with Gasteiger partial charge in [-0.15, -0.1) is 11.8 Å². The van der Waals surface area contributed by atoms with Gasteiger partial charge in [0, 0.05) is 11.4 Å². The van der Waals surface area contributed by atoms with Crippen molar-refractivity contribution < 1.29 is 0 Å². The number of anilines is 1. The van der Waals surface area contributed by atoms with Crippen LogP contribution in [0, 0.1) is 0 Å². The van der Waals surface area contributed by atoms with E-state index in [1.807, 2.05) is 37.4 Å². The molecule has 0 radical (unpaired) electrons. The van der Waals surface area contributed by atoms with Crippen LogP contribution in [0.4, 0.5) is 5.69 Å². The molecule has 0 spiro atoms. The third-order valence-corrected chi connectivity index (χ3v) is 2.61. The van der Waals surface area contributed by atoms with E-state index in [4.69, 9.17) is 5.84 Å². The van der Waals surface area contributed by atoms with Crippen molar-refractivity contribution in [3.63, 3.8) is 0 Å². The fraction of sp³-hybridized carbons (Fsp3) is 0.300. The fourth-order valence-electron chi connectivity index (χ4n) is 1.15. The first-order valence-corrected chi connectivity index (χ1v) is 5.95. The van der Waals surface area contributed by atoms with Crippen LogP contribution in [-0.2, 0) is 0 Å². The third kappa shape index (κ3) is 3.45. The molecule has 0 unspecified atom stereocenters. The zero-order chi connectivity index (χ0) is 11.1. The molecule has 0 heterocycles. The first-order valence-electron chi connectivity index (χ1n) is 4.73. The quantitative estimate of drug-likeness (QED) is 0.240. The normalized spacial score (nSPS) is 11.3. The predicted octanol–water partition coefficient (Wildman–Crippen LogP) is 1.66. The van der Waals surface area contributed by atoms with Crippen molar-refractivity contribution in [1.29, 1.82) is 0 Å². The van der Waals surface area contributed by atoms with Crippen molar-refractivity contribution in [2.45, 2.75) is 11.8 Å². The molecule has 0 bridgehead atoms. The summed E-state index contributed by atoms with van der Waals surface area (Å²) in [6.45, 7) is 2.65. The summed E-state index contributed by atoms with van der Waals surface area (Å²) in [6, 6.07) is 8.02. The van der Waals surface area contributed by atoms with Crippen molar-refractivity contribution in [2.24, 2.45) is 10.8 Å². The number of hydrogen-bond acceptors (Lipinski definition) is 3. The van der Waals surface area contributed by atoms with E-state index in [2.05, 4.69) is 15.7 Å². The van der Waals surface area contributed by atoms with Crippen LogP contribution in [0.25, 0.3) is 0 Å². The van der Waals surface area contributed by atoms with Gasteiger partial charge in [-0.05, 0) is 25.3 Å². The van der Waals surface area contributed by atoms with Gasteiger partial charge >= 0.3 is 0 Å². The van der Waals surface area contributed by atoms with Gasteiger partial charge in [0.25, 0.3) is 0 Å². The number of benzene rings is 1. The van der Waals surface area contributed by atoms with E-state index in [9.17, 15) is 0 Å². The third-order valence-electron chi connectivity index (χ3n) is 1.81. The lowest BCUT2D eigenvalue weighted by Gasteiger charge is -2.11. The van der Waals surface area contributed by atoms with Crippen molar-refractivity contribution in [1.82, 2.24) is 5.43 Å². The largest absolute Gasteiger partial charge is 0.324 e. The summed E-state index contributed by atoms with van der Waals surface area (Å²) in [7, 11) is 0. The summed E-state index contributed by atoms with van der Waals surface area (Å²) in [5.41, 5.74) is 3.54. The van der Waals surface area contributed by atoms with Crippen molar-refractivity contribution in [2.75, 3.05) is 18.1 Å². The maximum absolute atomic E-state index is 5.35. The molecule has 0 aromatic heterocycles. The average molecular weight is 224 g/mol. The topological polar surface area (TPSA) is 62.4 Å². The summed E-state index contributed by atoms with van der Waals surface area (Å²) >= 11 is 1.68. The molecule has 1 rings (SSSR count). The second-order valence-electron chi connectivity index (χ2n) is 2.79. The maximum Gasteiger partial charge on any atom is 0.210 e. The molecular formula is C10H16N4S. The van der Waals surface area contributed by atoms with Gasteiger partial charge in [0.15, 0.2) is 0 Å². The van der Waals surface area contributed by atoms with Gasteiger partial charge in [-0.25, -0.2) is 5.84 Å². The molecule has 5 heteroatoms. The minimum atomic E-state index is 0.582. The zero-order valence-electron chi connectivity index (χ0n) is 8.95. The molecule has 0 aliphatic rings. The molecule has 1 aromatic rings. The Kier molecular flexibility index (Phi) is 5.00. The highest BCUT2D eigenvalue weighted by molar-refractivity contribution is 7.98. The number of para-hydroxylation sites is 1. The Labute approximate surface area is 94.3 Å². The molecule has 1 aromatic carbocycles. The van der Waals surface area contributed by atoms with Crippen LogP contribution in [0.5, 0.6) is 0 Å². The Morgan fingerprint density at radius 3 is 2.80 bits per heavy atom. The molecule has 0 aliphatic carbocycles. The summed E-state index contributed by atoms with van der Waals surface area (Å²) < 4.78 is 0. The minimum Gasteiger partial charge on any atom is -0.324 e. The van der Waals surface area contributed by atoms with Gasteiger partial charge in [-0.3, -0.25) is 10.4 Å². The lowest BCUT2D eigenvalue weighted by molar-refractivity contribution is 0.985. The first kappa shape index (κ1) is 11.9. The van der Waals surface area contributed by atoms with E-state index < -0.39 is 0 Å². The highest BCUT2D eigenvalue weighted by Crippen LogP contribution is 2.24. The van der Waals surface area contributed by atoms with Gasteiger partial charge in [-0.2, -0.15) is 0 Å². The van der Waals surface area contributed by atoms with E-state index in [-0.39, 0.29) is 0 Å². The number of hydrazine groups is 1. The molecule has 0 saturated heterocycles. The van der Waals surface area contributed by atoms with E-state index in [0.29, 0.717) is 12.5 Å². The van der Waals surface area contributed by atoms with Gasteiger partial charge in [0.1, 0.15) is 0 Å². The monoisotopic (exact) mass is 224 g/mol.